The Morgan fingerprint density at radius 1 is 1.22 bits per heavy atom. The number of ether oxygens (including phenoxy) is 1. The predicted molar refractivity (Wildman–Crippen MR) is 89.4 cm³/mol. The zero-order chi connectivity index (χ0) is 16.2. The van der Waals surface area contributed by atoms with Gasteiger partial charge in [-0.3, -0.25) is 0 Å². The molecule has 2 aromatic carbocycles. The van der Waals surface area contributed by atoms with Gasteiger partial charge in [-0.15, -0.1) is 0 Å². The lowest BCUT2D eigenvalue weighted by Crippen LogP contribution is -2.01. The summed E-state index contributed by atoms with van der Waals surface area (Å²) in [5.41, 5.74) is 2.77. The lowest BCUT2D eigenvalue weighted by molar-refractivity contribution is -0.136. The molecule has 1 aliphatic heterocycles. The fourth-order valence-electron chi connectivity index (χ4n) is 2.16. The Bertz CT molecular complexity index is 811. The molecule has 3 rings (SSSR count). The van der Waals surface area contributed by atoms with E-state index in [1.807, 2.05) is 48.5 Å². The van der Waals surface area contributed by atoms with Crippen molar-refractivity contribution < 1.29 is 14.4 Å². The minimum Gasteiger partial charge on any atom is -0.489 e. The largest absolute Gasteiger partial charge is 0.489 e. The highest BCUT2D eigenvalue weighted by Gasteiger charge is 2.21. The molecule has 0 radical (unpaired) electrons. The van der Waals surface area contributed by atoms with Crippen molar-refractivity contribution in [1.29, 1.82) is 0 Å². The quantitative estimate of drug-likeness (QED) is 0.623. The SMILES string of the molecule is CC1=NOC(=O)/C1=C\c1cccc(OCc2ccccc2Cl)c1. The summed E-state index contributed by atoms with van der Waals surface area (Å²) >= 11 is 6.11. The van der Waals surface area contributed by atoms with Gasteiger partial charge in [0.05, 0.1) is 11.3 Å². The average Bonchev–Trinajstić information content (AvgIpc) is 2.86. The highest BCUT2D eigenvalue weighted by Crippen LogP contribution is 2.21. The van der Waals surface area contributed by atoms with Crippen molar-refractivity contribution in [1.82, 2.24) is 0 Å². The summed E-state index contributed by atoms with van der Waals surface area (Å²) in [7, 11) is 0. The monoisotopic (exact) mass is 327 g/mol. The second-order valence-corrected chi connectivity index (χ2v) is 5.47. The van der Waals surface area contributed by atoms with E-state index in [0.717, 1.165) is 11.1 Å². The number of carbonyl (C=O) groups is 1. The Hall–Kier alpha value is -2.59. The first kappa shape index (κ1) is 15.3. The number of carbonyl (C=O) groups excluding carboxylic acids is 1. The number of rotatable bonds is 4. The van der Waals surface area contributed by atoms with Crippen LogP contribution < -0.4 is 4.74 Å². The normalized spacial score (nSPS) is 15.5. The van der Waals surface area contributed by atoms with Gasteiger partial charge >= 0.3 is 5.97 Å². The molecular weight excluding hydrogens is 314 g/mol. The molecule has 5 heteroatoms. The molecular formula is C18H14ClNO3. The van der Waals surface area contributed by atoms with Crippen LogP contribution in [0.1, 0.15) is 18.1 Å². The van der Waals surface area contributed by atoms with Crippen LogP contribution in [0.2, 0.25) is 5.02 Å². The summed E-state index contributed by atoms with van der Waals surface area (Å²) in [5, 5.41) is 4.33. The van der Waals surface area contributed by atoms with Crippen LogP contribution in [0.3, 0.4) is 0 Å². The van der Waals surface area contributed by atoms with E-state index in [-0.39, 0.29) is 0 Å². The molecule has 0 fully saturated rings. The Morgan fingerprint density at radius 3 is 2.78 bits per heavy atom. The van der Waals surface area contributed by atoms with Crippen LogP contribution >= 0.6 is 11.6 Å². The molecule has 4 nitrogen and oxygen atoms in total. The minimum absolute atomic E-state index is 0.377. The second kappa shape index (κ2) is 6.67. The first-order chi connectivity index (χ1) is 11.1. The number of benzene rings is 2. The van der Waals surface area contributed by atoms with E-state index in [2.05, 4.69) is 9.99 Å². The zero-order valence-corrected chi connectivity index (χ0v) is 13.2. The van der Waals surface area contributed by atoms with E-state index in [1.165, 1.54) is 0 Å². The average molecular weight is 328 g/mol. The summed E-state index contributed by atoms with van der Waals surface area (Å²) in [6.45, 7) is 2.11. The van der Waals surface area contributed by atoms with Gasteiger partial charge < -0.3 is 9.57 Å². The van der Waals surface area contributed by atoms with Crippen molar-refractivity contribution in [3.63, 3.8) is 0 Å². The third-order valence-corrected chi connectivity index (χ3v) is 3.77. The highest BCUT2D eigenvalue weighted by atomic mass is 35.5. The van der Waals surface area contributed by atoms with Crippen LogP contribution in [-0.2, 0) is 16.2 Å². The van der Waals surface area contributed by atoms with Crippen LogP contribution in [-0.4, -0.2) is 11.7 Å². The molecule has 0 bridgehead atoms. The van der Waals surface area contributed by atoms with Crippen LogP contribution in [0.25, 0.3) is 6.08 Å². The predicted octanol–water partition coefficient (Wildman–Crippen LogP) is 4.24. The van der Waals surface area contributed by atoms with Gasteiger partial charge in [-0.1, -0.05) is 47.1 Å². The van der Waals surface area contributed by atoms with Crippen molar-refractivity contribution in [2.24, 2.45) is 5.16 Å². The number of hydrogen-bond acceptors (Lipinski definition) is 4. The maximum atomic E-state index is 11.6. The van der Waals surface area contributed by atoms with Crippen LogP contribution in [0.15, 0.2) is 59.3 Å². The lowest BCUT2D eigenvalue weighted by atomic mass is 10.1. The number of halogens is 1. The summed E-state index contributed by atoms with van der Waals surface area (Å²) in [5.74, 6) is 0.255. The van der Waals surface area contributed by atoms with Gasteiger partial charge in [-0.25, -0.2) is 4.79 Å². The molecule has 0 saturated heterocycles. The van der Waals surface area contributed by atoms with E-state index < -0.39 is 5.97 Å². The lowest BCUT2D eigenvalue weighted by Gasteiger charge is -2.08. The zero-order valence-electron chi connectivity index (χ0n) is 12.5. The molecule has 2 aromatic rings. The Kier molecular flexibility index (Phi) is 4.44. The Labute approximate surface area is 139 Å². The van der Waals surface area contributed by atoms with Gasteiger partial charge in [0, 0.05) is 10.6 Å². The smallest absolute Gasteiger partial charge is 0.367 e. The molecule has 23 heavy (non-hydrogen) atoms. The molecule has 0 atom stereocenters. The molecule has 0 N–H and O–H groups in total. The van der Waals surface area contributed by atoms with E-state index in [1.54, 1.807) is 13.0 Å². The maximum absolute atomic E-state index is 11.6. The summed E-state index contributed by atoms with van der Waals surface area (Å²) in [6, 6.07) is 15.0. The summed E-state index contributed by atoms with van der Waals surface area (Å²) < 4.78 is 5.77. The van der Waals surface area contributed by atoms with Crippen LogP contribution in [0, 0.1) is 0 Å². The Balaban J connectivity index is 1.76. The fraction of sp³-hybridized carbons (Fsp3) is 0.111. The third kappa shape index (κ3) is 3.60. The molecule has 116 valence electrons. The first-order valence-electron chi connectivity index (χ1n) is 7.08. The van der Waals surface area contributed by atoms with Crippen molar-refractivity contribution in [3.05, 3.63) is 70.3 Å². The van der Waals surface area contributed by atoms with Gasteiger partial charge in [0.1, 0.15) is 12.4 Å². The second-order valence-electron chi connectivity index (χ2n) is 5.07. The molecule has 0 unspecified atom stereocenters. The molecule has 0 amide bonds. The summed E-state index contributed by atoms with van der Waals surface area (Å²) in [6.07, 6.45) is 1.73. The number of nitrogens with zero attached hydrogens (tertiary/aromatic N) is 1. The molecule has 1 heterocycles. The fourth-order valence-corrected chi connectivity index (χ4v) is 2.35. The van der Waals surface area contributed by atoms with Crippen LogP contribution in [0.4, 0.5) is 0 Å². The van der Waals surface area contributed by atoms with Crippen molar-refractivity contribution in [2.75, 3.05) is 0 Å². The van der Waals surface area contributed by atoms with Crippen LogP contribution in [0.5, 0.6) is 5.75 Å². The molecule has 0 aromatic heterocycles. The first-order valence-corrected chi connectivity index (χ1v) is 7.45. The van der Waals surface area contributed by atoms with Gasteiger partial charge in [0.2, 0.25) is 0 Å². The van der Waals surface area contributed by atoms with Gasteiger partial charge in [0.25, 0.3) is 0 Å². The van der Waals surface area contributed by atoms with Gasteiger partial charge in [-0.05, 0) is 36.8 Å². The summed E-state index contributed by atoms with van der Waals surface area (Å²) in [4.78, 5) is 16.2. The van der Waals surface area contributed by atoms with Crippen molar-refractivity contribution in [3.8, 4) is 5.75 Å². The molecule has 0 saturated carbocycles. The Morgan fingerprint density at radius 2 is 2.04 bits per heavy atom. The topological polar surface area (TPSA) is 47.9 Å². The molecule has 0 aliphatic carbocycles. The van der Waals surface area contributed by atoms with Crippen molar-refractivity contribution >= 4 is 29.4 Å². The minimum atomic E-state index is -0.440. The van der Waals surface area contributed by atoms with E-state index in [4.69, 9.17) is 16.3 Å². The van der Waals surface area contributed by atoms with E-state index >= 15 is 0 Å². The van der Waals surface area contributed by atoms with Crippen molar-refractivity contribution in [2.45, 2.75) is 13.5 Å². The highest BCUT2D eigenvalue weighted by molar-refractivity contribution is 6.31. The molecule has 1 aliphatic rings. The standard InChI is InChI=1S/C18H14ClNO3/c1-12-16(18(21)23-20-12)10-13-5-4-7-15(9-13)22-11-14-6-2-3-8-17(14)19/h2-10H,11H2,1H3/b16-10-. The number of oxime groups is 1. The van der Waals surface area contributed by atoms with E-state index in [0.29, 0.717) is 28.7 Å². The van der Waals surface area contributed by atoms with Gasteiger partial charge in [0.15, 0.2) is 0 Å². The molecule has 0 spiro atoms. The van der Waals surface area contributed by atoms with E-state index in [9.17, 15) is 4.79 Å². The maximum Gasteiger partial charge on any atom is 0.367 e. The third-order valence-electron chi connectivity index (χ3n) is 3.40. The number of hydrogen-bond donors (Lipinski definition) is 0. The van der Waals surface area contributed by atoms with Gasteiger partial charge in [-0.2, -0.15) is 0 Å².